The predicted molar refractivity (Wildman–Crippen MR) is 114 cm³/mol. The molecule has 11 nitrogen and oxygen atoms in total. The summed E-state index contributed by atoms with van der Waals surface area (Å²) in [6, 6.07) is 10.8. The molecule has 0 saturated heterocycles. The summed E-state index contributed by atoms with van der Waals surface area (Å²) in [5, 5.41) is 25.1. The van der Waals surface area contributed by atoms with E-state index in [1.165, 1.54) is 6.07 Å². The van der Waals surface area contributed by atoms with Gasteiger partial charge in [0.15, 0.2) is 11.5 Å². The lowest BCUT2D eigenvalue weighted by Gasteiger charge is -2.15. The second-order valence-electron chi connectivity index (χ2n) is 7.78. The zero-order valence-electron chi connectivity index (χ0n) is 17.4. The Balaban J connectivity index is 1.16. The number of hydrogen-bond acceptors (Lipinski definition) is 7. The van der Waals surface area contributed by atoms with Gasteiger partial charge in [0.25, 0.3) is 5.91 Å². The topological polar surface area (TPSA) is 130 Å². The molecular weight excluding hydrogens is 410 g/mol. The molecule has 3 aromatic rings. The molecular formula is C21H23N9O2. The van der Waals surface area contributed by atoms with Crippen molar-refractivity contribution in [1.82, 2.24) is 40.7 Å². The third-order valence-electron chi connectivity index (χ3n) is 5.61. The van der Waals surface area contributed by atoms with Crippen LogP contribution in [0.4, 0.5) is 10.6 Å². The molecule has 5 rings (SSSR count). The van der Waals surface area contributed by atoms with Crippen molar-refractivity contribution < 1.29 is 9.59 Å². The number of aromatic nitrogens is 5. The van der Waals surface area contributed by atoms with Gasteiger partial charge in [-0.15, -0.1) is 15.3 Å². The summed E-state index contributed by atoms with van der Waals surface area (Å²) >= 11 is 0. The standard InChI is InChI=1S/C21H23N9O2/c31-20(23-10-17-18-11-22-8-3-9-30(18)28-26-17)16-6-7-19(27-25-16)24-21(32)29-12-14-4-1-2-5-15(14)13-29/h1-2,4-7,22H,3,8-13H2,(H,23,31)(H,24,27,32). The third kappa shape index (κ3) is 4.14. The van der Waals surface area contributed by atoms with Crippen LogP contribution < -0.4 is 16.0 Å². The number of aryl methyl sites for hydroxylation is 1. The number of benzene rings is 1. The first-order chi connectivity index (χ1) is 15.7. The Hall–Kier alpha value is -3.86. The molecule has 0 saturated carbocycles. The van der Waals surface area contributed by atoms with Crippen molar-refractivity contribution in [3.8, 4) is 0 Å². The molecule has 0 unspecified atom stereocenters. The van der Waals surface area contributed by atoms with Crippen LogP contribution in [-0.4, -0.2) is 48.6 Å². The zero-order valence-corrected chi connectivity index (χ0v) is 17.4. The predicted octanol–water partition coefficient (Wildman–Crippen LogP) is 1.04. The van der Waals surface area contributed by atoms with Crippen LogP contribution in [0.5, 0.6) is 0 Å². The van der Waals surface area contributed by atoms with Gasteiger partial charge in [0.2, 0.25) is 0 Å². The minimum Gasteiger partial charge on any atom is -0.345 e. The van der Waals surface area contributed by atoms with E-state index in [0.29, 0.717) is 19.6 Å². The van der Waals surface area contributed by atoms with Gasteiger partial charge in [0.1, 0.15) is 5.69 Å². The molecule has 3 N–H and O–H groups in total. The Morgan fingerprint density at radius 2 is 1.84 bits per heavy atom. The summed E-state index contributed by atoms with van der Waals surface area (Å²) in [6.45, 7) is 3.78. The molecule has 0 fully saturated rings. The van der Waals surface area contributed by atoms with Crippen molar-refractivity contribution in [2.24, 2.45) is 0 Å². The van der Waals surface area contributed by atoms with E-state index in [2.05, 4.69) is 36.5 Å². The fraction of sp³-hybridized carbons (Fsp3) is 0.333. The number of carbonyl (C=O) groups excluding carboxylic acids is 2. The molecule has 3 amide bonds. The fourth-order valence-corrected chi connectivity index (χ4v) is 3.88. The maximum absolute atomic E-state index is 12.5. The van der Waals surface area contributed by atoms with E-state index in [-0.39, 0.29) is 30.0 Å². The van der Waals surface area contributed by atoms with Crippen molar-refractivity contribution in [1.29, 1.82) is 0 Å². The third-order valence-corrected chi connectivity index (χ3v) is 5.61. The summed E-state index contributed by atoms with van der Waals surface area (Å²) in [7, 11) is 0. The first-order valence-corrected chi connectivity index (χ1v) is 10.5. The van der Waals surface area contributed by atoms with E-state index in [1.54, 1.807) is 11.0 Å². The number of hydrogen-bond donors (Lipinski definition) is 3. The average Bonchev–Trinajstić information content (AvgIpc) is 3.34. The molecule has 0 atom stereocenters. The van der Waals surface area contributed by atoms with Crippen LogP contribution in [0, 0.1) is 0 Å². The van der Waals surface area contributed by atoms with E-state index in [9.17, 15) is 9.59 Å². The Labute approximate surface area is 184 Å². The number of nitrogens with one attached hydrogen (secondary N) is 3. The van der Waals surface area contributed by atoms with Gasteiger partial charge in [-0.05, 0) is 36.2 Å². The van der Waals surface area contributed by atoms with Gasteiger partial charge >= 0.3 is 6.03 Å². The number of fused-ring (bicyclic) bond motifs is 2. The normalized spacial score (nSPS) is 14.9. The van der Waals surface area contributed by atoms with Gasteiger partial charge in [0.05, 0.1) is 12.2 Å². The van der Waals surface area contributed by atoms with Crippen LogP contribution in [0.1, 0.15) is 39.4 Å². The highest BCUT2D eigenvalue weighted by Crippen LogP contribution is 2.22. The zero-order chi connectivity index (χ0) is 21.9. The van der Waals surface area contributed by atoms with Gasteiger partial charge in [-0.2, -0.15) is 0 Å². The van der Waals surface area contributed by atoms with Gasteiger partial charge in [-0.1, -0.05) is 29.5 Å². The molecule has 0 bridgehead atoms. The SMILES string of the molecule is O=C(NCc1nnn2c1CNCCC2)c1ccc(NC(=O)N2Cc3ccccc3C2)nn1. The van der Waals surface area contributed by atoms with Crippen molar-refractivity contribution in [2.45, 2.75) is 39.1 Å². The maximum atomic E-state index is 12.5. The van der Waals surface area contributed by atoms with Gasteiger partial charge in [0, 0.05) is 26.2 Å². The molecule has 2 aromatic heterocycles. The van der Waals surface area contributed by atoms with E-state index in [4.69, 9.17) is 0 Å². The largest absolute Gasteiger partial charge is 0.345 e. The number of anilines is 1. The van der Waals surface area contributed by atoms with Crippen LogP contribution in [0.3, 0.4) is 0 Å². The Morgan fingerprint density at radius 3 is 2.59 bits per heavy atom. The molecule has 0 radical (unpaired) electrons. The summed E-state index contributed by atoms with van der Waals surface area (Å²) in [5.74, 6) is -0.0779. The minimum absolute atomic E-state index is 0.160. The number of amides is 3. The fourth-order valence-electron chi connectivity index (χ4n) is 3.88. The highest BCUT2D eigenvalue weighted by atomic mass is 16.2. The number of rotatable bonds is 4. The van der Waals surface area contributed by atoms with Gasteiger partial charge in [-0.25, -0.2) is 9.48 Å². The first kappa shape index (κ1) is 20.1. The molecule has 2 aliphatic heterocycles. The summed E-state index contributed by atoms with van der Waals surface area (Å²) in [4.78, 5) is 26.7. The number of nitrogens with zero attached hydrogens (tertiary/aromatic N) is 6. The van der Waals surface area contributed by atoms with Crippen molar-refractivity contribution in [3.05, 3.63) is 64.6 Å². The molecule has 1 aromatic carbocycles. The van der Waals surface area contributed by atoms with Crippen LogP contribution in [-0.2, 0) is 32.7 Å². The maximum Gasteiger partial charge on any atom is 0.323 e. The summed E-state index contributed by atoms with van der Waals surface area (Å²) < 4.78 is 1.87. The first-order valence-electron chi connectivity index (χ1n) is 10.5. The van der Waals surface area contributed by atoms with Crippen LogP contribution >= 0.6 is 0 Å². The monoisotopic (exact) mass is 433 g/mol. The Kier molecular flexibility index (Phi) is 5.46. The van der Waals surface area contributed by atoms with Crippen LogP contribution in [0.2, 0.25) is 0 Å². The molecule has 0 aliphatic carbocycles. The molecule has 164 valence electrons. The molecule has 2 aliphatic rings. The highest BCUT2D eigenvalue weighted by molar-refractivity contribution is 5.93. The average molecular weight is 433 g/mol. The highest BCUT2D eigenvalue weighted by Gasteiger charge is 2.23. The summed E-state index contributed by atoms with van der Waals surface area (Å²) in [5.41, 5.74) is 4.16. The summed E-state index contributed by atoms with van der Waals surface area (Å²) in [6.07, 6.45) is 0.991. The van der Waals surface area contributed by atoms with E-state index < -0.39 is 0 Å². The number of urea groups is 1. The van der Waals surface area contributed by atoms with Crippen molar-refractivity contribution >= 4 is 17.8 Å². The van der Waals surface area contributed by atoms with Crippen LogP contribution in [0.25, 0.3) is 0 Å². The molecule has 4 heterocycles. The second kappa shape index (κ2) is 8.71. The Bertz CT molecular complexity index is 1120. The van der Waals surface area contributed by atoms with Crippen molar-refractivity contribution in [3.63, 3.8) is 0 Å². The smallest absolute Gasteiger partial charge is 0.323 e. The lowest BCUT2D eigenvalue weighted by atomic mass is 10.1. The number of carbonyl (C=O) groups is 2. The van der Waals surface area contributed by atoms with E-state index in [0.717, 1.165) is 42.0 Å². The lowest BCUT2D eigenvalue weighted by Crippen LogP contribution is -2.31. The molecule has 0 spiro atoms. The quantitative estimate of drug-likeness (QED) is 0.560. The van der Waals surface area contributed by atoms with Gasteiger partial charge < -0.3 is 15.5 Å². The van der Waals surface area contributed by atoms with E-state index in [1.807, 2.05) is 28.9 Å². The van der Waals surface area contributed by atoms with E-state index >= 15 is 0 Å². The molecule has 32 heavy (non-hydrogen) atoms. The second-order valence-corrected chi connectivity index (χ2v) is 7.78. The van der Waals surface area contributed by atoms with Crippen LogP contribution in [0.15, 0.2) is 36.4 Å². The minimum atomic E-state index is -0.367. The van der Waals surface area contributed by atoms with Crippen molar-refractivity contribution in [2.75, 3.05) is 11.9 Å². The molecule has 11 heteroatoms. The lowest BCUT2D eigenvalue weighted by molar-refractivity contribution is 0.0944. The van der Waals surface area contributed by atoms with Gasteiger partial charge in [-0.3, -0.25) is 10.1 Å². The Morgan fingerprint density at radius 1 is 1.03 bits per heavy atom.